The summed E-state index contributed by atoms with van der Waals surface area (Å²) < 4.78 is 13.5. The second-order valence-electron chi connectivity index (χ2n) is 5.22. The maximum absolute atomic E-state index is 13.5. The van der Waals surface area contributed by atoms with Crippen LogP contribution in [0.4, 0.5) is 4.39 Å². The molecule has 0 spiro atoms. The van der Waals surface area contributed by atoms with E-state index in [0.29, 0.717) is 12.8 Å². The van der Waals surface area contributed by atoms with Gasteiger partial charge in [-0.2, -0.15) is 0 Å². The molecule has 1 heterocycles. The molecule has 1 atom stereocenters. The molecule has 0 radical (unpaired) electrons. The Balaban J connectivity index is 1.93. The molecule has 1 unspecified atom stereocenters. The first kappa shape index (κ1) is 18.4. The van der Waals surface area contributed by atoms with Gasteiger partial charge in [-0.1, -0.05) is 17.7 Å². The third-order valence-electron chi connectivity index (χ3n) is 3.33. The number of aryl methyl sites for hydroxylation is 2. The van der Waals surface area contributed by atoms with Crippen molar-refractivity contribution in [3.8, 4) is 0 Å². The van der Waals surface area contributed by atoms with Crippen LogP contribution in [0, 0.1) is 12.7 Å². The highest BCUT2D eigenvalue weighted by Crippen LogP contribution is 2.21. The minimum atomic E-state index is -1.31. The van der Waals surface area contributed by atoms with Gasteiger partial charge in [0.05, 0.1) is 15.7 Å². The van der Waals surface area contributed by atoms with Crippen molar-refractivity contribution in [2.75, 3.05) is 0 Å². The summed E-state index contributed by atoms with van der Waals surface area (Å²) >= 11 is 7.13. The molecule has 8 heteroatoms. The second kappa shape index (κ2) is 8.21. The van der Waals surface area contributed by atoms with Crippen LogP contribution < -0.4 is 5.32 Å². The average Bonchev–Trinajstić information content (AvgIpc) is 2.93. The highest BCUT2D eigenvalue weighted by Gasteiger charge is 2.22. The molecule has 2 N–H and O–H groups in total. The third-order valence-corrected chi connectivity index (χ3v) is 4.46. The molecule has 2 aromatic rings. The number of carboxylic acids is 1. The number of carboxylic acid groups (broad SMARTS) is 1. The van der Waals surface area contributed by atoms with Gasteiger partial charge < -0.3 is 10.4 Å². The minimum absolute atomic E-state index is 0.104. The number of carbonyl (C=O) groups is 2. The van der Waals surface area contributed by atoms with E-state index in [9.17, 15) is 19.1 Å². The largest absolute Gasteiger partial charge is 0.479 e. The van der Waals surface area contributed by atoms with E-state index in [1.807, 2.05) is 12.3 Å². The molecular formula is C16H16ClFN2O3S. The van der Waals surface area contributed by atoms with Gasteiger partial charge in [0.1, 0.15) is 5.82 Å². The lowest BCUT2D eigenvalue weighted by Gasteiger charge is -2.15. The van der Waals surface area contributed by atoms with Gasteiger partial charge in [0, 0.05) is 11.8 Å². The van der Waals surface area contributed by atoms with Crippen LogP contribution in [-0.2, 0) is 16.0 Å². The molecule has 0 aliphatic rings. The molecule has 0 saturated heterocycles. The van der Waals surface area contributed by atoms with Gasteiger partial charge in [0.2, 0.25) is 5.91 Å². The zero-order valence-corrected chi connectivity index (χ0v) is 14.5. The zero-order valence-electron chi connectivity index (χ0n) is 12.9. The number of carbonyl (C=O) groups excluding carboxylic acids is 1. The number of benzene rings is 1. The number of halogens is 2. The van der Waals surface area contributed by atoms with E-state index in [-0.39, 0.29) is 17.0 Å². The quantitative estimate of drug-likeness (QED) is 0.781. The summed E-state index contributed by atoms with van der Waals surface area (Å²) in [4.78, 5) is 27.6. The molecular weight excluding hydrogens is 355 g/mol. The lowest BCUT2D eigenvalue weighted by molar-refractivity contribution is -0.142. The van der Waals surface area contributed by atoms with Crippen molar-refractivity contribution in [3.05, 3.63) is 50.7 Å². The van der Waals surface area contributed by atoms with E-state index in [4.69, 9.17) is 11.6 Å². The first-order valence-corrected chi connectivity index (χ1v) is 8.50. The summed E-state index contributed by atoms with van der Waals surface area (Å²) in [6.07, 6.45) is 1.36. The predicted molar refractivity (Wildman–Crippen MR) is 89.7 cm³/mol. The minimum Gasteiger partial charge on any atom is -0.479 e. The van der Waals surface area contributed by atoms with E-state index in [1.54, 1.807) is 11.3 Å². The average molecular weight is 371 g/mol. The molecule has 128 valence electrons. The summed E-state index contributed by atoms with van der Waals surface area (Å²) in [6, 6.07) is 2.34. The van der Waals surface area contributed by atoms with E-state index in [1.165, 1.54) is 12.1 Å². The predicted octanol–water partition coefficient (Wildman–Crippen LogP) is 3.51. The Labute approximate surface area is 147 Å². The lowest BCUT2D eigenvalue weighted by Crippen LogP contribution is -2.33. The van der Waals surface area contributed by atoms with Crippen LogP contribution >= 0.6 is 22.9 Å². The van der Waals surface area contributed by atoms with Crippen LogP contribution in [0.2, 0.25) is 5.02 Å². The fraction of sp³-hybridized carbons (Fsp3) is 0.312. The second-order valence-corrected chi connectivity index (χ2v) is 6.69. The molecule has 0 fully saturated rings. The number of hydrogen-bond donors (Lipinski definition) is 2. The van der Waals surface area contributed by atoms with Crippen LogP contribution in [0.3, 0.4) is 0 Å². The number of nitrogens with one attached hydrogen (secondary N) is 1. The number of thiazole rings is 1. The number of amides is 1. The summed E-state index contributed by atoms with van der Waals surface area (Å²) in [5.41, 5.74) is 1.05. The Hall–Kier alpha value is -1.99. The Morgan fingerprint density at radius 1 is 1.46 bits per heavy atom. The van der Waals surface area contributed by atoms with Crippen molar-refractivity contribution >= 4 is 34.8 Å². The first-order chi connectivity index (χ1) is 11.4. The monoisotopic (exact) mass is 370 g/mol. The Kier molecular flexibility index (Phi) is 6.28. The first-order valence-electron chi connectivity index (χ1n) is 7.25. The van der Waals surface area contributed by atoms with Gasteiger partial charge in [-0.15, -0.1) is 11.3 Å². The SMILES string of the molecule is Cc1nc(CCCC(=O)NC(C(=O)O)c2ccc(Cl)c(F)c2)cs1. The Morgan fingerprint density at radius 2 is 2.21 bits per heavy atom. The maximum atomic E-state index is 13.5. The number of aromatic nitrogens is 1. The third kappa shape index (κ3) is 5.01. The molecule has 1 aromatic heterocycles. The van der Waals surface area contributed by atoms with Gasteiger partial charge in [-0.3, -0.25) is 4.79 Å². The summed E-state index contributed by atoms with van der Waals surface area (Å²) in [6.45, 7) is 1.91. The number of aliphatic carboxylic acids is 1. The Morgan fingerprint density at radius 3 is 2.79 bits per heavy atom. The van der Waals surface area contributed by atoms with E-state index in [2.05, 4.69) is 10.3 Å². The normalized spacial score (nSPS) is 12.0. The van der Waals surface area contributed by atoms with E-state index in [0.717, 1.165) is 16.8 Å². The molecule has 0 saturated carbocycles. The fourth-order valence-electron chi connectivity index (χ4n) is 2.17. The van der Waals surface area contributed by atoms with Crippen molar-refractivity contribution in [2.24, 2.45) is 0 Å². The summed E-state index contributed by atoms with van der Waals surface area (Å²) in [5.74, 6) is -2.40. The molecule has 24 heavy (non-hydrogen) atoms. The molecule has 0 aliphatic carbocycles. The number of hydrogen-bond acceptors (Lipinski definition) is 4. The molecule has 1 aromatic carbocycles. The Bertz CT molecular complexity index is 751. The van der Waals surface area contributed by atoms with Gasteiger partial charge in [-0.05, 0) is 37.5 Å². The van der Waals surface area contributed by atoms with Gasteiger partial charge in [0.15, 0.2) is 6.04 Å². The van der Waals surface area contributed by atoms with Crippen molar-refractivity contribution < 1.29 is 19.1 Å². The smallest absolute Gasteiger partial charge is 0.330 e. The number of nitrogens with zero attached hydrogens (tertiary/aromatic N) is 1. The van der Waals surface area contributed by atoms with Crippen LogP contribution in [0.15, 0.2) is 23.6 Å². The summed E-state index contributed by atoms with van der Waals surface area (Å²) in [5, 5.41) is 14.5. The van der Waals surface area contributed by atoms with Crippen LogP contribution in [0.5, 0.6) is 0 Å². The standard InChI is InChI=1S/C16H16ClFN2O3S/c1-9-19-11(8-24-9)3-2-4-14(21)20-15(16(22)23)10-5-6-12(17)13(18)7-10/h5-8,15H,2-4H2,1H3,(H,20,21)(H,22,23). The molecule has 0 aliphatic heterocycles. The van der Waals surface area contributed by atoms with E-state index < -0.39 is 23.7 Å². The van der Waals surface area contributed by atoms with Crippen molar-refractivity contribution in [3.63, 3.8) is 0 Å². The lowest BCUT2D eigenvalue weighted by atomic mass is 10.1. The van der Waals surface area contributed by atoms with Crippen LogP contribution in [0.1, 0.15) is 35.1 Å². The molecule has 2 rings (SSSR count). The summed E-state index contributed by atoms with van der Waals surface area (Å²) in [7, 11) is 0. The zero-order chi connectivity index (χ0) is 17.7. The van der Waals surface area contributed by atoms with Crippen molar-refractivity contribution in [2.45, 2.75) is 32.2 Å². The van der Waals surface area contributed by atoms with Crippen LogP contribution in [-0.4, -0.2) is 22.0 Å². The highest BCUT2D eigenvalue weighted by molar-refractivity contribution is 7.09. The van der Waals surface area contributed by atoms with Crippen molar-refractivity contribution in [1.82, 2.24) is 10.3 Å². The van der Waals surface area contributed by atoms with Gasteiger partial charge in [-0.25, -0.2) is 14.2 Å². The maximum Gasteiger partial charge on any atom is 0.330 e. The van der Waals surface area contributed by atoms with Crippen molar-refractivity contribution in [1.29, 1.82) is 0 Å². The highest BCUT2D eigenvalue weighted by atomic mass is 35.5. The van der Waals surface area contributed by atoms with Gasteiger partial charge in [0.25, 0.3) is 0 Å². The van der Waals surface area contributed by atoms with Crippen LogP contribution in [0.25, 0.3) is 0 Å². The van der Waals surface area contributed by atoms with Gasteiger partial charge >= 0.3 is 5.97 Å². The van der Waals surface area contributed by atoms with E-state index >= 15 is 0 Å². The fourth-order valence-corrected chi connectivity index (χ4v) is 2.93. The molecule has 1 amide bonds. The topological polar surface area (TPSA) is 79.3 Å². The molecule has 0 bridgehead atoms. The molecule has 5 nitrogen and oxygen atoms in total. The number of rotatable bonds is 7.